The Kier molecular flexibility index (Phi) is 5.97. The van der Waals surface area contributed by atoms with E-state index < -0.39 is 11.6 Å². The van der Waals surface area contributed by atoms with Crippen molar-refractivity contribution in [3.63, 3.8) is 0 Å². The predicted molar refractivity (Wildman–Crippen MR) is 116 cm³/mol. The molecule has 0 radical (unpaired) electrons. The molecule has 0 unspecified atom stereocenters. The highest BCUT2D eigenvalue weighted by molar-refractivity contribution is 5.47. The van der Waals surface area contributed by atoms with Gasteiger partial charge in [0.1, 0.15) is 0 Å². The summed E-state index contributed by atoms with van der Waals surface area (Å²) in [5.41, 5.74) is 0. The quantitative estimate of drug-likeness (QED) is 0.597. The summed E-state index contributed by atoms with van der Waals surface area (Å²) in [6.45, 7) is 7.11. The van der Waals surface area contributed by atoms with Gasteiger partial charge in [0.25, 0.3) is 0 Å². The molecule has 12 heteroatoms. The van der Waals surface area contributed by atoms with Crippen molar-refractivity contribution in [2.75, 3.05) is 80.4 Å². The topological polar surface area (TPSA) is 104 Å². The molecule has 5 aliphatic rings. The second-order valence-electron chi connectivity index (χ2n) is 9.28. The van der Waals surface area contributed by atoms with E-state index in [2.05, 4.69) is 14.7 Å². The van der Waals surface area contributed by atoms with Crippen molar-refractivity contribution in [3.05, 3.63) is 0 Å². The van der Waals surface area contributed by atoms with Crippen molar-refractivity contribution in [1.82, 2.24) is 15.0 Å². The first kappa shape index (κ1) is 21.7. The summed E-state index contributed by atoms with van der Waals surface area (Å²) >= 11 is 0. The molecule has 12 nitrogen and oxygen atoms in total. The average molecular weight is 465 g/mol. The third kappa shape index (κ3) is 4.47. The van der Waals surface area contributed by atoms with Gasteiger partial charge < -0.3 is 24.2 Å². The van der Waals surface area contributed by atoms with Crippen LogP contribution in [0.5, 0.6) is 0 Å². The molecular weight excluding hydrogens is 432 g/mol. The SMILES string of the molecule is C1CCC2(C1)OOC1(CCN(c3nc(N4CCOCC4)nc(N4CCOCC4)n3)CC1)OO2. The Morgan fingerprint density at radius 1 is 0.485 bits per heavy atom. The summed E-state index contributed by atoms with van der Waals surface area (Å²) in [4.78, 5) is 44.0. The largest absolute Gasteiger partial charge is 0.378 e. The fourth-order valence-corrected chi connectivity index (χ4v) is 4.92. The van der Waals surface area contributed by atoms with Crippen LogP contribution in [0.4, 0.5) is 17.8 Å². The van der Waals surface area contributed by atoms with Crippen LogP contribution in [-0.2, 0) is 29.0 Å². The summed E-state index contributed by atoms with van der Waals surface area (Å²) in [5.74, 6) is 0.469. The first-order chi connectivity index (χ1) is 16.2. The van der Waals surface area contributed by atoms with Crippen LogP contribution in [0.2, 0.25) is 0 Å². The second-order valence-corrected chi connectivity index (χ2v) is 9.28. The molecule has 4 aliphatic heterocycles. The number of hydrogen-bond acceptors (Lipinski definition) is 12. The molecule has 1 saturated carbocycles. The van der Waals surface area contributed by atoms with Gasteiger partial charge in [-0.3, -0.25) is 0 Å². The number of piperidine rings is 1. The van der Waals surface area contributed by atoms with Gasteiger partial charge in [-0.05, 0) is 12.8 Å². The summed E-state index contributed by atoms with van der Waals surface area (Å²) in [6.07, 6.45) is 4.90. The van der Waals surface area contributed by atoms with E-state index in [1.807, 2.05) is 0 Å². The Hall–Kier alpha value is -1.83. The van der Waals surface area contributed by atoms with Crippen LogP contribution in [0.1, 0.15) is 38.5 Å². The zero-order valence-corrected chi connectivity index (χ0v) is 18.9. The van der Waals surface area contributed by atoms with E-state index in [-0.39, 0.29) is 0 Å². The molecule has 4 saturated heterocycles. The average Bonchev–Trinajstić information content (AvgIpc) is 3.36. The van der Waals surface area contributed by atoms with Crippen molar-refractivity contribution >= 4 is 17.8 Å². The maximum atomic E-state index is 5.79. The van der Waals surface area contributed by atoms with E-state index in [1.54, 1.807) is 0 Å². The predicted octanol–water partition coefficient (Wildman–Crippen LogP) is 1.02. The molecule has 6 rings (SSSR count). The maximum absolute atomic E-state index is 5.79. The fraction of sp³-hybridized carbons (Fsp3) is 0.857. The lowest BCUT2D eigenvalue weighted by Crippen LogP contribution is -2.55. The van der Waals surface area contributed by atoms with Gasteiger partial charge in [0.05, 0.1) is 26.4 Å². The number of morpholine rings is 2. The van der Waals surface area contributed by atoms with Crippen molar-refractivity contribution < 1.29 is 29.0 Å². The normalized spacial score (nSPS) is 27.5. The fourth-order valence-electron chi connectivity index (χ4n) is 4.92. The van der Waals surface area contributed by atoms with Crippen molar-refractivity contribution in [2.24, 2.45) is 0 Å². The van der Waals surface area contributed by atoms with Crippen LogP contribution in [0.15, 0.2) is 0 Å². The minimum absolute atomic E-state index is 0.592. The van der Waals surface area contributed by atoms with Gasteiger partial charge in [-0.15, -0.1) is 0 Å². The zero-order chi connectivity index (χ0) is 22.1. The van der Waals surface area contributed by atoms with Crippen LogP contribution in [0, 0.1) is 0 Å². The Morgan fingerprint density at radius 3 is 1.27 bits per heavy atom. The summed E-state index contributed by atoms with van der Waals surface area (Å²) in [6, 6.07) is 0. The van der Waals surface area contributed by atoms with Crippen LogP contribution >= 0.6 is 0 Å². The standard InChI is InChI=1S/C21H32N6O6/c1-2-4-20(3-1)30-32-21(33-31-20)5-7-25(8-6-21)17-22-18(26-9-13-28-14-10-26)24-19(23-17)27-11-15-29-16-12-27/h1-16H2. The van der Waals surface area contributed by atoms with Crippen LogP contribution in [-0.4, -0.2) is 92.2 Å². The van der Waals surface area contributed by atoms with Gasteiger partial charge in [0.15, 0.2) is 0 Å². The molecule has 0 atom stereocenters. The lowest BCUT2D eigenvalue weighted by atomic mass is 10.0. The Morgan fingerprint density at radius 2 is 0.848 bits per heavy atom. The molecule has 1 aromatic rings. The van der Waals surface area contributed by atoms with Gasteiger partial charge >= 0.3 is 0 Å². The number of aromatic nitrogens is 3. The van der Waals surface area contributed by atoms with E-state index in [0.717, 1.165) is 51.9 Å². The third-order valence-corrected chi connectivity index (χ3v) is 7.05. The van der Waals surface area contributed by atoms with Crippen molar-refractivity contribution in [3.8, 4) is 0 Å². The van der Waals surface area contributed by atoms with Gasteiger partial charge in [0, 0.05) is 65.0 Å². The van der Waals surface area contributed by atoms with Crippen LogP contribution in [0.3, 0.4) is 0 Å². The van der Waals surface area contributed by atoms with Crippen molar-refractivity contribution in [1.29, 1.82) is 0 Å². The second kappa shape index (κ2) is 9.08. The van der Waals surface area contributed by atoms with Crippen LogP contribution < -0.4 is 14.7 Å². The monoisotopic (exact) mass is 464 g/mol. The van der Waals surface area contributed by atoms with Gasteiger partial charge in [-0.1, -0.05) is 0 Å². The molecule has 2 spiro atoms. The minimum atomic E-state index is -0.878. The minimum Gasteiger partial charge on any atom is -0.378 e. The Balaban J connectivity index is 1.17. The van der Waals surface area contributed by atoms with E-state index in [4.69, 9.17) is 44.0 Å². The lowest BCUT2D eigenvalue weighted by molar-refractivity contribution is -0.657. The molecule has 0 bridgehead atoms. The van der Waals surface area contributed by atoms with E-state index in [0.29, 0.717) is 70.2 Å². The number of hydrogen-bond donors (Lipinski definition) is 0. The van der Waals surface area contributed by atoms with E-state index in [9.17, 15) is 0 Å². The Bertz CT molecular complexity index is 771. The Labute approximate surface area is 192 Å². The molecule has 0 amide bonds. The summed E-state index contributed by atoms with van der Waals surface area (Å²) in [7, 11) is 0. The highest BCUT2D eigenvalue weighted by atomic mass is 17.4. The third-order valence-electron chi connectivity index (χ3n) is 7.05. The highest BCUT2D eigenvalue weighted by Gasteiger charge is 2.51. The smallest absolute Gasteiger partial charge is 0.237 e. The molecule has 0 N–H and O–H groups in total. The number of nitrogens with zero attached hydrogens (tertiary/aromatic N) is 6. The summed E-state index contributed by atoms with van der Waals surface area (Å²) in [5, 5.41) is 0. The lowest BCUT2D eigenvalue weighted by Gasteiger charge is -2.45. The molecule has 1 aromatic heterocycles. The maximum Gasteiger partial charge on any atom is 0.237 e. The molecular formula is C21H32N6O6. The number of rotatable bonds is 3. The van der Waals surface area contributed by atoms with E-state index >= 15 is 0 Å². The number of ether oxygens (including phenoxy) is 2. The van der Waals surface area contributed by atoms with E-state index in [1.165, 1.54) is 0 Å². The molecule has 182 valence electrons. The highest BCUT2D eigenvalue weighted by Crippen LogP contribution is 2.43. The van der Waals surface area contributed by atoms with Gasteiger partial charge in [-0.25, -0.2) is 0 Å². The first-order valence-electron chi connectivity index (χ1n) is 12.1. The van der Waals surface area contributed by atoms with Gasteiger partial charge in [-0.2, -0.15) is 34.5 Å². The molecule has 0 aromatic carbocycles. The first-order valence-corrected chi connectivity index (χ1v) is 12.1. The van der Waals surface area contributed by atoms with Crippen molar-refractivity contribution in [2.45, 2.75) is 50.1 Å². The molecule has 1 aliphatic carbocycles. The van der Waals surface area contributed by atoms with Crippen LogP contribution in [0.25, 0.3) is 0 Å². The zero-order valence-electron chi connectivity index (χ0n) is 18.9. The number of anilines is 3. The molecule has 5 heterocycles. The molecule has 5 fully saturated rings. The summed E-state index contributed by atoms with van der Waals surface area (Å²) < 4.78 is 11.0. The van der Waals surface area contributed by atoms with Gasteiger partial charge in [0.2, 0.25) is 29.4 Å². The molecule has 33 heavy (non-hydrogen) atoms.